The Morgan fingerprint density at radius 2 is 1.64 bits per heavy atom. The summed E-state index contributed by atoms with van der Waals surface area (Å²) in [5, 5.41) is 2.58. The van der Waals surface area contributed by atoms with Crippen molar-refractivity contribution in [2.75, 3.05) is 19.6 Å². The molecule has 3 aliphatic rings. The number of carbonyl (C=O) groups is 3. The molecular weight excluding hydrogens is 419 g/mol. The van der Waals surface area contributed by atoms with Crippen molar-refractivity contribution in [3.05, 3.63) is 35.4 Å². The Kier molecular flexibility index (Phi) is 11.0. The Bertz CT molecular complexity index is 776. The van der Waals surface area contributed by atoms with Crippen molar-refractivity contribution in [1.82, 2.24) is 10.2 Å². The van der Waals surface area contributed by atoms with Crippen LogP contribution in [0.2, 0.25) is 0 Å². The highest BCUT2D eigenvalue weighted by molar-refractivity contribution is 5.96. The molecule has 0 bridgehead atoms. The van der Waals surface area contributed by atoms with Crippen LogP contribution >= 0.6 is 0 Å². The van der Waals surface area contributed by atoms with Crippen molar-refractivity contribution < 1.29 is 18.8 Å². The fraction of sp³-hybridized carbons (Fsp3) is 0.667. The topological polar surface area (TPSA) is 66.5 Å². The zero-order valence-corrected chi connectivity index (χ0v) is 20.6. The van der Waals surface area contributed by atoms with Gasteiger partial charge >= 0.3 is 0 Å². The molecule has 1 heterocycles. The Morgan fingerprint density at radius 3 is 2.18 bits per heavy atom. The Balaban J connectivity index is 0.000000411. The Morgan fingerprint density at radius 1 is 1.03 bits per heavy atom. The number of Topliss-reactive ketones (excluding diaryl/α,β-unsaturated/α-hetero) is 1. The molecule has 1 aromatic carbocycles. The molecule has 3 fully saturated rings. The molecule has 184 valence electrons. The normalized spacial score (nSPS) is 20.8. The number of alkyl halides is 1. The number of benzene rings is 1. The van der Waals surface area contributed by atoms with E-state index in [2.05, 4.69) is 5.32 Å². The van der Waals surface area contributed by atoms with Gasteiger partial charge in [0.25, 0.3) is 11.8 Å². The average molecular weight is 461 g/mol. The third-order valence-corrected chi connectivity index (χ3v) is 6.40. The lowest BCUT2D eigenvalue weighted by Crippen LogP contribution is -2.44. The number of halogens is 1. The largest absolute Gasteiger partial charge is 0.345 e. The van der Waals surface area contributed by atoms with Gasteiger partial charge in [-0.05, 0) is 50.3 Å². The summed E-state index contributed by atoms with van der Waals surface area (Å²) in [5.74, 6) is -0.680. The molecule has 0 spiro atoms. The number of ketones is 1. The molecule has 1 N–H and O–H groups in total. The van der Waals surface area contributed by atoms with Gasteiger partial charge in [-0.1, -0.05) is 64.5 Å². The smallest absolute Gasteiger partial charge is 0.260 e. The van der Waals surface area contributed by atoms with Crippen LogP contribution in [0.4, 0.5) is 4.39 Å². The summed E-state index contributed by atoms with van der Waals surface area (Å²) < 4.78 is 14.1. The van der Waals surface area contributed by atoms with Crippen LogP contribution in [0.5, 0.6) is 0 Å². The van der Waals surface area contributed by atoms with E-state index in [1.165, 1.54) is 45.4 Å². The van der Waals surface area contributed by atoms with Gasteiger partial charge in [-0.15, -0.1) is 0 Å². The first-order chi connectivity index (χ1) is 15.9. The molecule has 2 saturated carbocycles. The minimum absolute atomic E-state index is 0.00729. The van der Waals surface area contributed by atoms with Gasteiger partial charge in [0, 0.05) is 24.6 Å². The number of hydrogen-bond donors (Lipinski definition) is 1. The van der Waals surface area contributed by atoms with Gasteiger partial charge in [0.15, 0.2) is 5.67 Å². The van der Waals surface area contributed by atoms with E-state index in [0.717, 1.165) is 18.4 Å². The summed E-state index contributed by atoms with van der Waals surface area (Å²) in [6.45, 7) is 6.51. The highest BCUT2D eigenvalue weighted by Crippen LogP contribution is 2.42. The molecule has 5 nitrogen and oxygen atoms in total. The quantitative estimate of drug-likeness (QED) is 0.624. The molecule has 0 aromatic heterocycles. The number of amides is 2. The number of carbonyl (C=O) groups excluding carboxylic acids is 3. The lowest BCUT2D eigenvalue weighted by molar-refractivity contribution is -0.139. The van der Waals surface area contributed by atoms with Crippen molar-refractivity contribution in [2.24, 2.45) is 0 Å². The molecular formula is C27H41FN2O3. The fourth-order valence-electron chi connectivity index (χ4n) is 4.34. The third-order valence-electron chi connectivity index (χ3n) is 6.40. The van der Waals surface area contributed by atoms with Gasteiger partial charge in [-0.2, -0.15) is 0 Å². The summed E-state index contributed by atoms with van der Waals surface area (Å²) in [7, 11) is 0. The van der Waals surface area contributed by atoms with Crippen molar-refractivity contribution in [3.63, 3.8) is 0 Å². The first-order valence-electron chi connectivity index (χ1n) is 12.7. The second-order valence-electron chi connectivity index (χ2n) is 9.19. The number of likely N-dealkylation sites (tertiary alicyclic amines) is 1. The number of nitrogens with one attached hydrogen (secondary N) is 1. The Hall–Kier alpha value is -2.24. The zero-order valence-electron chi connectivity index (χ0n) is 20.6. The first kappa shape index (κ1) is 27.0. The molecule has 6 heteroatoms. The van der Waals surface area contributed by atoms with Crippen LogP contribution in [-0.2, 0) is 9.59 Å². The van der Waals surface area contributed by atoms with Crippen LogP contribution in [0, 0.1) is 0 Å². The van der Waals surface area contributed by atoms with Gasteiger partial charge in [0.1, 0.15) is 5.78 Å². The highest BCUT2D eigenvalue weighted by Gasteiger charge is 2.53. The van der Waals surface area contributed by atoms with E-state index in [4.69, 9.17) is 0 Å². The fourth-order valence-corrected chi connectivity index (χ4v) is 4.34. The maximum Gasteiger partial charge on any atom is 0.260 e. The lowest BCUT2D eigenvalue weighted by Gasteiger charge is -2.34. The van der Waals surface area contributed by atoms with Crippen molar-refractivity contribution >= 4 is 17.6 Å². The standard InChI is InChI=1S/C19H23FN2O3.C6H12.C2H6/c1-13(23)11-21-17(24)15-5-2-4-14(10-15)16-6-3-9-22(12-16)18(25)19(20)7-8-19;1-2-4-6-5-3-1;1-2/h2,4-5,10,16H,3,6-9,11-12H2,1H3,(H,21,24);1-6H2;1-2H3. The average Bonchev–Trinajstić information content (AvgIpc) is 3.63. The van der Waals surface area contributed by atoms with Crippen LogP contribution in [0.15, 0.2) is 24.3 Å². The summed E-state index contributed by atoms with van der Waals surface area (Å²) in [6, 6.07) is 7.24. The van der Waals surface area contributed by atoms with E-state index in [-0.39, 0.29) is 30.1 Å². The number of nitrogens with zero attached hydrogens (tertiary/aromatic N) is 1. The Labute approximate surface area is 198 Å². The molecule has 1 saturated heterocycles. The predicted octanol–water partition coefficient (Wildman–Crippen LogP) is 5.58. The third kappa shape index (κ3) is 8.56. The number of piperidine rings is 1. The van der Waals surface area contributed by atoms with Crippen molar-refractivity contribution in [2.45, 2.75) is 96.6 Å². The molecule has 4 rings (SSSR count). The molecule has 2 aliphatic carbocycles. The van der Waals surface area contributed by atoms with Gasteiger partial charge in [-0.25, -0.2) is 4.39 Å². The number of rotatable bonds is 5. The van der Waals surface area contributed by atoms with Crippen LogP contribution < -0.4 is 5.32 Å². The predicted molar refractivity (Wildman–Crippen MR) is 130 cm³/mol. The van der Waals surface area contributed by atoms with Gasteiger partial charge < -0.3 is 10.2 Å². The molecule has 1 aromatic rings. The van der Waals surface area contributed by atoms with E-state index in [1.54, 1.807) is 23.1 Å². The lowest BCUT2D eigenvalue weighted by atomic mass is 9.89. The monoisotopic (exact) mass is 460 g/mol. The maximum atomic E-state index is 14.1. The van der Waals surface area contributed by atoms with E-state index in [1.807, 2.05) is 19.9 Å². The number of hydrogen-bond acceptors (Lipinski definition) is 3. The SMILES string of the molecule is C1CCCCC1.CC.CC(=O)CNC(=O)c1cccc(C2CCCN(C(=O)C3(F)CC3)C2)c1. The summed E-state index contributed by atoms with van der Waals surface area (Å²) in [6.07, 6.45) is 11.4. The van der Waals surface area contributed by atoms with Crippen molar-refractivity contribution in [3.8, 4) is 0 Å². The summed E-state index contributed by atoms with van der Waals surface area (Å²) in [5.41, 5.74) is -0.168. The van der Waals surface area contributed by atoms with Crippen LogP contribution in [0.3, 0.4) is 0 Å². The van der Waals surface area contributed by atoms with E-state index < -0.39 is 5.67 Å². The van der Waals surface area contributed by atoms with Gasteiger partial charge in [-0.3, -0.25) is 14.4 Å². The second-order valence-corrected chi connectivity index (χ2v) is 9.19. The first-order valence-corrected chi connectivity index (χ1v) is 12.7. The minimum atomic E-state index is -1.63. The van der Waals surface area contributed by atoms with Crippen LogP contribution in [0.1, 0.15) is 107 Å². The molecule has 1 atom stereocenters. The van der Waals surface area contributed by atoms with Crippen molar-refractivity contribution in [1.29, 1.82) is 0 Å². The van der Waals surface area contributed by atoms with Gasteiger partial charge in [0.05, 0.1) is 6.54 Å². The molecule has 1 unspecified atom stereocenters. The molecule has 33 heavy (non-hydrogen) atoms. The summed E-state index contributed by atoms with van der Waals surface area (Å²) >= 11 is 0. The van der Waals surface area contributed by atoms with E-state index in [0.29, 0.717) is 31.5 Å². The summed E-state index contributed by atoms with van der Waals surface area (Å²) in [4.78, 5) is 37.0. The molecule has 2 amide bonds. The van der Waals surface area contributed by atoms with E-state index >= 15 is 0 Å². The van der Waals surface area contributed by atoms with Crippen LogP contribution in [-0.4, -0.2) is 47.8 Å². The van der Waals surface area contributed by atoms with Crippen LogP contribution in [0.25, 0.3) is 0 Å². The maximum absolute atomic E-state index is 14.1. The highest BCUT2D eigenvalue weighted by atomic mass is 19.1. The van der Waals surface area contributed by atoms with E-state index in [9.17, 15) is 18.8 Å². The molecule has 0 radical (unpaired) electrons. The minimum Gasteiger partial charge on any atom is -0.345 e. The zero-order chi connectivity index (χ0) is 24.3. The van der Waals surface area contributed by atoms with Gasteiger partial charge in [0.2, 0.25) is 0 Å². The molecule has 1 aliphatic heterocycles. The second kappa shape index (κ2) is 13.5.